The van der Waals surface area contributed by atoms with Crippen LogP contribution in [0.15, 0.2) is 30.3 Å². The summed E-state index contributed by atoms with van der Waals surface area (Å²) in [4.78, 5) is 0. The highest BCUT2D eigenvalue weighted by Gasteiger charge is 2.20. The van der Waals surface area contributed by atoms with Crippen LogP contribution in [0, 0.1) is 0 Å². The van der Waals surface area contributed by atoms with Crippen molar-refractivity contribution in [2.24, 2.45) is 0 Å². The molecule has 0 saturated heterocycles. The normalized spacial score (nSPS) is 10.6. The molecule has 0 spiro atoms. The van der Waals surface area contributed by atoms with Gasteiger partial charge in [0.1, 0.15) is 0 Å². The lowest BCUT2D eigenvalue weighted by Crippen LogP contribution is -2.04. The highest BCUT2D eigenvalue weighted by atomic mass is 16.6. The molecular formula is C25H36O6. The smallest absolute Gasteiger partial charge is 0.207 e. The van der Waals surface area contributed by atoms with Gasteiger partial charge < -0.3 is 28.8 Å². The minimum absolute atomic E-state index is 0.0105. The highest BCUT2D eigenvalue weighted by Crippen LogP contribution is 2.47. The Bertz CT molecular complexity index is 790. The van der Waals surface area contributed by atoms with Crippen molar-refractivity contribution in [3.63, 3.8) is 0 Å². The molecule has 0 fully saturated rings. The number of benzene rings is 2. The number of aromatic hydroxyl groups is 1. The molecule has 1 N–H and O–H groups in total. The van der Waals surface area contributed by atoms with Gasteiger partial charge in [0, 0.05) is 0 Å². The molecule has 0 aliphatic carbocycles. The molecule has 0 aliphatic rings. The van der Waals surface area contributed by atoms with Gasteiger partial charge in [0.15, 0.2) is 23.0 Å². The lowest BCUT2D eigenvalue weighted by molar-refractivity contribution is 0.250. The summed E-state index contributed by atoms with van der Waals surface area (Å²) in [5, 5.41) is 10.3. The van der Waals surface area contributed by atoms with E-state index in [9.17, 15) is 5.11 Å². The molecule has 31 heavy (non-hydrogen) atoms. The van der Waals surface area contributed by atoms with Gasteiger partial charge in [0.25, 0.3) is 0 Å². The molecule has 6 nitrogen and oxygen atoms in total. The molecule has 2 rings (SSSR count). The Morgan fingerprint density at radius 1 is 0.645 bits per heavy atom. The van der Waals surface area contributed by atoms with Crippen LogP contribution in [0.2, 0.25) is 0 Å². The van der Waals surface area contributed by atoms with E-state index in [1.165, 1.54) is 7.11 Å². The highest BCUT2D eigenvalue weighted by molar-refractivity contribution is 5.61. The predicted molar refractivity (Wildman–Crippen MR) is 122 cm³/mol. The van der Waals surface area contributed by atoms with Crippen molar-refractivity contribution in [2.45, 2.75) is 59.3 Å². The van der Waals surface area contributed by atoms with Crippen LogP contribution < -0.4 is 23.7 Å². The van der Waals surface area contributed by atoms with E-state index in [4.69, 9.17) is 23.7 Å². The van der Waals surface area contributed by atoms with Gasteiger partial charge in [0.2, 0.25) is 17.2 Å². The van der Waals surface area contributed by atoms with Crippen LogP contribution in [0.1, 0.15) is 59.3 Å². The monoisotopic (exact) mass is 432 g/mol. The molecule has 6 heteroatoms. The molecule has 0 saturated carbocycles. The molecule has 0 aliphatic heterocycles. The molecule has 0 heterocycles. The summed E-state index contributed by atoms with van der Waals surface area (Å²) in [5.74, 6) is 2.79. The van der Waals surface area contributed by atoms with Gasteiger partial charge in [-0.15, -0.1) is 0 Å². The Balaban J connectivity index is 2.35. The number of ether oxygens (including phenoxy) is 5. The van der Waals surface area contributed by atoms with Crippen LogP contribution >= 0.6 is 0 Å². The SMILES string of the molecule is CCCCOc1cccc(Oc2ccc(O)c(OCCCC)c2OC)c1OCCCC. The zero-order chi connectivity index (χ0) is 22.5. The average Bonchev–Trinajstić information content (AvgIpc) is 2.77. The molecule has 0 unspecified atom stereocenters. The fourth-order valence-corrected chi connectivity index (χ4v) is 2.86. The minimum atomic E-state index is 0.0105. The number of phenolic OH excluding ortho intramolecular Hbond substituents is 1. The third-order valence-corrected chi connectivity index (χ3v) is 4.67. The standard InChI is InChI=1S/C25H36O6/c1-5-8-16-28-20-12-11-13-21(24(20)30-18-10-7-3)31-22-15-14-19(26)23(25(22)27-4)29-17-9-6-2/h11-15,26H,5-10,16-18H2,1-4H3. The zero-order valence-electron chi connectivity index (χ0n) is 19.2. The quantitative estimate of drug-likeness (QED) is 0.315. The maximum Gasteiger partial charge on any atom is 0.207 e. The largest absolute Gasteiger partial charge is 0.504 e. The Morgan fingerprint density at radius 3 is 1.81 bits per heavy atom. The maximum atomic E-state index is 10.3. The molecule has 0 aromatic heterocycles. The van der Waals surface area contributed by atoms with Gasteiger partial charge in [-0.25, -0.2) is 0 Å². The van der Waals surface area contributed by atoms with E-state index in [1.54, 1.807) is 12.1 Å². The summed E-state index contributed by atoms with van der Waals surface area (Å²) in [7, 11) is 1.53. The molecule has 0 amide bonds. The first-order chi connectivity index (χ1) is 15.2. The van der Waals surface area contributed by atoms with E-state index in [0.29, 0.717) is 48.6 Å². The van der Waals surface area contributed by atoms with Crippen molar-refractivity contribution in [2.75, 3.05) is 26.9 Å². The molecule has 172 valence electrons. The van der Waals surface area contributed by atoms with Crippen molar-refractivity contribution in [3.8, 4) is 40.2 Å². The Kier molecular flexibility index (Phi) is 10.7. The van der Waals surface area contributed by atoms with Crippen LogP contribution in [0.4, 0.5) is 0 Å². The van der Waals surface area contributed by atoms with Crippen molar-refractivity contribution in [1.29, 1.82) is 0 Å². The van der Waals surface area contributed by atoms with Gasteiger partial charge in [-0.1, -0.05) is 46.1 Å². The average molecular weight is 433 g/mol. The summed E-state index contributed by atoms with van der Waals surface area (Å²) in [6.45, 7) is 7.98. The third kappa shape index (κ3) is 7.16. The van der Waals surface area contributed by atoms with Gasteiger partial charge in [-0.2, -0.15) is 0 Å². The Morgan fingerprint density at radius 2 is 1.19 bits per heavy atom. The lowest BCUT2D eigenvalue weighted by Gasteiger charge is -2.19. The number of phenols is 1. The predicted octanol–water partition coefficient (Wildman–Crippen LogP) is 6.73. The minimum Gasteiger partial charge on any atom is -0.504 e. The third-order valence-electron chi connectivity index (χ3n) is 4.67. The van der Waals surface area contributed by atoms with E-state index in [1.807, 2.05) is 18.2 Å². The van der Waals surface area contributed by atoms with Crippen molar-refractivity contribution >= 4 is 0 Å². The van der Waals surface area contributed by atoms with Gasteiger partial charge in [0.05, 0.1) is 26.9 Å². The lowest BCUT2D eigenvalue weighted by atomic mass is 10.2. The van der Waals surface area contributed by atoms with Crippen LogP contribution in [0.25, 0.3) is 0 Å². The zero-order valence-corrected chi connectivity index (χ0v) is 19.2. The number of para-hydroxylation sites is 1. The second-order valence-corrected chi connectivity index (χ2v) is 7.24. The Hall–Kier alpha value is -2.76. The first-order valence-corrected chi connectivity index (χ1v) is 11.2. The number of unbranched alkanes of at least 4 members (excludes halogenated alkanes) is 3. The molecule has 0 atom stereocenters. The Labute approximate surface area is 186 Å². The molecule has 0 bridgehead atoms. The van der Waals surface area contributed by atoms with E-state index in [0.717, 1.165) is 38.5 Å². The second-order valence-electron chi connectivity index (χ2n) is 7.24. The molecule has 2 aromatic carbocycles. The van der Waals surface area contributed by atoms with Crippen LogP contribution in [-0.4, -0.2) is 32.0 Å². The van der Waals surface area contributed by atoms with Crippen LogP contribution in [0.3, 0.4) is 0 Å². The molecular weight excluding hydrogens is 396 g/mol. The number of rotatable bonds is 15. The first-order valence-electron chi connectivity index (χ1n) is 11.2. The van der Waals surface area contributed by atoms with Gasteiger partial charge in [-0.05, 0) is 43.5 Å². The fourth-order valence-electron chi connectivity index (χ4n) is 2.86. The molecule has 0 radical (unpaired) electrons. The van der Waals surface area contributed by atoms with E-state index in [2.05, 4.69) is 20.8 Å². The number of hydrogen-bond donors (Lipinski definition) is 1. The van der Waals surface area contributed by atoms with Crippen LogP contribution in [-0.2, 0) is 0 Å². The summed E-state index contributed by atoms with van der Waals surface area (Å²) >= 11 is 0. The van der Waals surface area contributed by atoms with Gasteiger partial charge >= 0.3 is 0 Å². The van der Waals surface area contributed by atoms with Crippen molar-refractivity contribution in [1.82, 2.24) is 0 Å². The summed E-state index contributed by atoms with van der Waals surface area (Å²) in [6.07, 6.45) is 5.83. The van der Waals surface area contributed by atoms with E-state index >= 15 is 0 Å². The molecule has 2 aromatic rings. The summed E-state index contributed by atoms with van der Waals surface area (Å²) in [5.41, 5.74) is 0. The van der Waals surface area contributed by atoms with E-state index < -0.39 is 0 Å². The number of methoxy groups -OCH3 is 1. The first kappa shape index (κ1) is 24.5. The number of hydrogen-bond acceptors (Lipinski definition) is 6. The maximum absolute atomic E-state index is 10.3. The van der Waals surface area contributed by atoms with Crippen LogP contribution in [0.5, 0.6) is 40.2 Å². The topological polar surface area (TPSA) is 66.4 Å². The van der Waals surface area contributed by atoms with Crippen molar-refractivity contribution in [3.05, 3.63) is 30.3 Å². The summed E-state index contributed by atoms with van der Waals surface area (Å²) < 4.78 is 29.5. The van der Waals surface area contributed by atoms with E-state index in [-0.39, 0.29) is 11.5 Å². The van der Waals surface area contributed by atoms with Crippen molar-refractivity contribution < 1.29 is 28.8 Å². The summed E-state index contributed by atoms with van der Waals surface area (Å²) in [6, 6.07) is 8.78. The second kappa shape index (κ2) is 13.5. The van der Waals surface area contributed by atoms with Gasteiger partial charge in [-0.3, -0.25) is 0 Å². The fraction of sp³-hybridized carbons (Fsp3) is 0.520.